The molecule has 0 radical (unpaired) electrons. The van der Waals surface area contributed by atoms with Crippen molar-refractivity contribution in [2.75, 3.05) is 7.11 Å². The number of aromatic amines is 1. The maximum Gasteiger partial charge on any atom is 0.334 e. The van der Waals surface area contributed by atoms with E-state index in [4.69, 9.17) is 4.74 Å². The molecule has 0 aliphatic carbocycles. The van der Waals surface area contributed by atoms with Gasteiger partial charge in [0.2, 0.25) is 0 Å². The summed E-state index contributed by atoms with van der Waals surface area (Å²) in [6.45, 7) is 0. The number of pyridine rings is 1. The van der Waals surface area contributed by atoms with E-state index in [2.05, 4.69) is 9.97 Å². The Hall–Kier alpha value is -2.89. The molecular weight excluding hydrogens is 258 g/mol. The number of rotatable bonds is 2. The lowest BCUT2D eigenvalue weighted by atomic mass is 10.2. The first-order chi connectivity index (χ1) is 9.70. The van der Waals surface area contributed by atoms with Crippen LogP contribution in [0, 0.1) is 0 Å². The molecular formula is C14H11N3O3. The van der Waals surface area contributed by atoms with E-state index in [9.17, 15) is 9.59 Å². The van der Waals surface area contributed by atoms with Crippen LogP contribution in [0.3, 0.4) is 0 Å². The molecule has 100 valence electrons. The standard InChI is InChI=1S/C14H11N3O3/c1-20-9-5-6-10-11(8-9)16-14(19)17(13(10)18)12-4-2-3-7-15-12/h2-8H,1H3,(H,16,19). The fraction of sp³-hybridized carbons (Fsp3) is 0.0714. The first kappa shape index (κ1) is 12.2. The second-order valence-electron chi connectivity index (χ2n) is 4.17. The largest absolute Gasteiger partial charge is 0.497 e. The number of ether oxygens (including phenoxy) is 1. The molecule has 1 aromatic carbocycles. The van der Waals surface area contributed by atoms with Gasteiger partial charge in [0.15, 0.2) is 0 Å². The topological polar surface area (TPSA) is 77.0 Å². The van der Waals surface area contributed by atoms with E-state index in [-0.39, 0.29) is 5.82 Å². The molecule has 0 aliphatic rings. The predicted molar refractivity (Wildman–Crippen MR) is 74.5 cm³/mol. The molecule has 0 saturated heterocycles. The molecule has 0 saturated carbocycles. The van der Waals surface area contributed by atoms with E-state index in [1.165, 1.54) is 13.3 Å². The van der Waals surface area contributed by atoms with Gasteiger partial charge in [0.1, 0.15) is 11.6 Å². The number of fused-ring (bicyclic) bond motifs is 1. The third-order valence-corrected chi connectivity index (χ3v) is 2.98. The van der Waals surface area contributed by atoms with Gasteiger partial charge >= 0.3 is 5.69 Å². The van der Waals surface area contributed by atoms with Crippen LogP contribution in [0.4, 0.5) is 0 Å². The molecule has 0 atom stereocenters. The quantitative estimate of drug-likeness (QED) is 0.755. The average Bonchev–Trinajstić information content (AvgIpc) is 2.47. The summed E-state index contributed by atoms with van der Waals surface area (Å²) < 4.78 is 6.08. The van der Waals surface area contributed by atoms with Gasteiger partial charge in [0.05, 0.1) is 18.0 Å². The zero-order valence-corrected chi connectivity index (χ0v) is 10.7. The van der Waals surface area contributed by atoms with Gasteiger partial charge in [-0.15, -0.1) is 0 Å². The summed E-state index contributed by atoms with van der Waals surface area (Å²) in [4.78, 5) is 31.2. The SMILES string of the molecule is COc1ccc2c(=O)n(-c3ccccn3)c(=O)[nH]c2c1. The molecule has 0 fully saturated rings. The van der Waals surface area contributed by atoms with Crippen molar-refractivity contribution < 1.29 is 4.74 Å². The van der Waals surface area contributed by atoms with E-state index in [1.807, 2.05) is 0 Å². The zero-order valence-electron chi connectivity index (χ0n) is 10.7. The fourth-order valence-corrected chi connectivity index (χ4v) is 2.02. The van der Waals surface area contributed by atoms with Crippen LogP contribution in [0.15, 0.2) is 52.2 Å². The van der Waals surface area contributed by atoms with E-state index < -0.39 is 11.2 Å². The summed E-state index contributed by atoms with van der Waals surface area (Å²) in [6, 6.07) is 9.94. The Labute approximate surface area is 113 Å². The van der Waals surface area contributed by atoms with E-state index in [1.54, 1.807) is 36.4 Å². The van der Waals surface area contributed by atoms with Crippen LogP contribution < -0.4 is 16.0 Å². The molecule has 3 aromatic rings. The lowest BCUT2D eigenvalue weighted by Crippen LogP contribution is -2.34. The molecule has 0 bridgehead atoms. The summed E-state index contributed by atoms with van der Waals surface area (Å²) in [5.41, 5.74) is -0.508. The second-order valence-corrected chi connectivity index (χ2v) is 4.17. The maximum atomic E-state index is 12.4. The minimum atomic E-state index is -0.533. The number of nitrogens with zero attached hydrogens (tertiary/aromatic N) is 2. The highest BCUT2D eigenvalue weighted by Gasteiger charge is 2.10. The molecule has 2 heterocycles. The molecule has 20 heavy (non-hydrogen) atoms. The molecule has 0 spiro atoms. The summed E-state index contributed by atoms with van der Waals surface area (Å²) in [5, 5.41) is 0.399. The highest BCUT2D eigenvalue weighted by Crippen LogP contribution is 2.15. The fourth-order valence-electron chi connectivity index (χ4n) is 2.02. The first-order valence-electron chi connectivity index (χ1n) is 5.95. The summed E-state index contributed by atoms with van der Waals surface area (Å²) in [5.74, 6) is 0.861. The molecule has 0 unspecified atom stereocenters. The maximum absolute atomic E-state index is 12.4. The second kappa shape index (κ2) is 4.65. The summed E-state index contributed by atoms with van der Waals surface area (Å²) >= 11 is 0. The predicted octanol–water partition coefficient (Wildman–Crippen LogP) is 1.08. The Kier molecular flexibility index (Phi) is 2.83. The molecule has 3 rings (SSSR count). The van der Waals surface area contributed by atoms with Gasteiger partial charge in [-0.2, -0.15) is 0 Å². The summed E-state index contributed by atoms with van der Waals surface area (Å²) in [6.07, 6.45) is 1.53. The van der Waals surface area contributed by atoms with Gasteiger partial charge in [-0.3, -0.25) is 4.79 Å². The van der Waals surface area contributed by atoms with Gasteiger partial charge in [-0.05, 0) is 24.3 Å². The molecule has 2 aromatic heterocycles. The van der Waals surface area contributed by atoms with Crippen molar-refractivity contribution in [3.8, 4) is 11.6 Å². The number of hydrogen-bond acceptors (Lipinski definition) is 4. The minimum Gasteiger partial charge on any atom is -0.497 e. The minimum absolute atomic E-state index is 0.288. The lowest BCUT2D eigenvalue weighted by Gasteiger charge is -2.06. The first-order valence-corrected chi connectivity index (χ1v) is 5.95. The monoisotopic (exact) mass is 269 g/mol. The third kappa shape index (κ3) is 1.87. The van der Waals surface area contributed by atoms with Crippen LogP contribution in [0.1, 0.15) is 0 Å². The Morgan fingerprint density at radius 2 is 2.05 bits per heavy atom. The van der Waals surface area contributed by atoms with Crippen molar-refractivity contribution in [2.45, 2.75) is 0 Å². The van der Waals surface area contributed by atoms with Crippen LogP contribution in [0.25, 0.3) is 16.7 Å². The molecule has 6 heteroatoms. The molecule has 6 nitrogen and oxygen atoms in total. The number of nitrogens with one attached hydrogen (secondary N) is 1. The average molecular weight is 269 g/mol. The van der Waals surface area contributed by atoms with Crippen LogP contribution in [0.5, 0.6) is 5.75 Å². The van der Waals surface area contributed by atoms with Crippen molar-refractivity contribution in [2.24, 2.45) is 0 Å². The van der Waals surface area contributed by atoms with Crippen molar-refractivity contribution >= 4 is 10.9 Å². The van der Waals surface area contributed by atoms with Crippen LogP contribution in [-0.2, 0) is 0 Å². The van der Waals surface area contributed by atoms with Crippen molar-refractivity contribution in [3.63, 3.8) is 0 Å². The number of hydrogen-bond donors (Lipinski definition) is 1. The highest BCUT2D eigenvalue weighted by atomic mass is 16.5. The van der Waals surface area contributed by atoms with E-state index >= 15 is 0 Å². The number of aromatic nitrogens is 3. The molecule has 1 N–H and O–H groups in total. The van der Waals surface area contributed by atoms with E-state index in [0.29, 0.717) is 16.7 Å². The van der Waals surface area contributed by atoms with Gasteiger partial charge in [-0.25, -0.2) is 14.3 Å². The van der Waals surface area contributed by atoms with Crippen molar-refractivity contribution in [3.05, 3.63) is 63.4 Å². The Morgan fingerprint density at radius 1 is 1.20 bits per heavy atom. The van der Waals surface area contributed by atoms with Gasteiger partial charge in [0.25, 0.3) is 5.56 Å². The van der Waals surface area contributed by atoms with E-state index in [0.717, 1.165) is 4.57 Å². The van der Waals surface area contributed by atoms with Crippen molar-refractivity contribution in [1.82, 2.24) is 14.5 Å². The van der Waals surface area contributed by atoms with Crippen LogP contribution in [-0.4, -0.2) is 21.6 Å². The molecule has 0 amide bonds. The smallest absolute Gasteiger partial charge is 0.334 e. The molecule has 0 aliphatic heterocycles. The van der Waals surface area contributed by atoms with Crippen molar-refractivity contribution in [1.29, 1.82) is 0 Å². The normalized spacial score (nSPS) is 10.7. The summed E-state index contributed by atoms with van der Waals surface area (Å²) in [7, 11) is 1.52. The van der Waals surface area contributed by atoms with Gasteiger partial charge in [0, 0.05) is 12.3 Å². The van der Waals surface area contributed by atoms with Crippen LogP contribution >= 0.6 is 0 Å². The van der Waals surface area contributed by atoms with Crippen LogP contribution in [0.2, 0.25) is 0 Å². The Bertz CT molecular complexity index is 882. The van der Waals surface area contributed by atoms with Gasteiger partial charge < -0.3 is 9.72 Å². The van der Waals surface area contributed by atoms with Gasteiger partial charge in [-0.1, -0.05) is 6.07 Å². The Morgan fingerprint density at radius 3 is 2.75 bits per heavy atom. The number of methoxy groups -OCH3 is 1. The zero-order chi connectivity index (χ0) is 14.1. The number of H-pyrrole nitrogens is 1. The third-order valence-electron chi connectivity index (χ3n) is 2.98. The number of benzene rings is 1. The highest BCUT2D eigenvalue weighted by molar-refractivity contribution is 5.79. The Balaban J connectivity index is 2.36. The lowest BCUT2D eigenvalue weighted by molar-refractivity contribution is 0.415.